The monoisotopic (exact) mass is 315 g/mol. The molecule has 0 amide bonds. The molecule has 1 aromatic heterocycles. The van der Waals surface area contributed by atoms with E-state index in [0.29, 0.717) is 23.4 Å². The Morgan fingerprint density at radius 3 is 3.00 bits per heavy atom. The molecule has 2 rings (SSSR count). The summed E-state index contributed by atoms with van der Waals surface area (Å²) in [6.45, 7) is 3.04. The van der Waals surface area contributed by atoms with Crippen molar-refractivity contribution in [1.82, 2.24) is 4.98 Å². The van der Waals surface area contributed by atoms with Crippen molar-refractivity contribution >= 4 is 27.4 Å². The highest BCUT2D eigenvalue weighted by Gasteiger charge is 2.30. The Labute approximate surface area is 113 Å². The van der Waals surface area contributed by atoms with Crippen molar-refractivity contribution in [1.29, 1.82) is 0 Å². The minimum Gasteiger partial charge on any atom is -0.393 e. The Hall–Kier alpha value is -1.21. The van der Waals surface area contributed by atoms with Crippen molar-refractivity contribution in [3.05, 3.63) is 26.9 Å². The number of anilines is 1. The van der Waals surface area contributed by atoms with Crippen LogP contribution >= 0.6 is 15.9 Å². The minimum absolute atomic E-state index is 0.00406. The van der Waals surface area contributed by atoms with E-state index in [1.165, 1.54) is 6.07 Å². The van der Waals surface area contributed by atoms with Gasteiger partial charge in [-0.05, 0) is 29.3 Å². The first-order valence-corrected chi connectivity index (χ1v) is 6.51. The van der Waals surface area contributed by atoms with Crippen LogP contribution in [0.2, 0.25) is 0 Å². The van der Waals surface area contributed by atoms with Crippen LogP contribution in [0.1, 0.15) is 13.3 Å². The average molecular weight is 316 g/mol. The number of halogens is 1. The zero-order valence-electron chi connectivity index (χ0n) is 9.91. The molecule has 0 aromatic carbocycles. The second-order valence-corrected chi connectivity index (χ2v) is 5.40. The van der Waals surface area contributed by atoms with Gasteiger partial charge in [-0.25, -0.2) is 4.98 Å². The van der Waals surface area contributed by atoms with E-state index in [4.69, 9.17) is 0 Å². The first-order valence-electron chi connectivity index (χ1n) is 5.72. The number of hydrogen-bond donors (Lipinski definition) is 1. The average Bonchev–Trinajstić information content (AvgIpc) is 2.78. The van der Waals surface area contributed by atoms with E-state index in [-0.39, 0.29) is 11.6 Å². The van der Waals surface area contributed by atoms with Gasteiger partial charge in [0.15, 0.2) is 0 Å². The van der Waals surface area contributed by atoms with Crippen LogP contribution in [0.3, 0.4) is 0 Å². The van der Waals surface area contributed by atoms with Gasteiger partial charge in [-0.3, -0.25) is 10.1 Å². The number of aliphatic hydroxyl groups is 1. The molecule has 0 spiro atoms. The molecule has 0 aliphatic carbocycles. The van der Waals surface area contributed by atoms with Crippen molar-refractivity contribution in [3.63, 3.8) is 0 Å². The molecule has 1 saturated heterocycles. The molecule has 7 heteroatoms. The lowest BCUT2D eigenvalue weighted by Gasteiger charge is -2.18. The van der Waals surface area contributed by atoms with E-state index < -0.39 is 11.0 Å². The minimum atomic E-state index is -0.428. The third kappa shape index (κ3) is 2.62. The number of pyridine rings is 1. The normalized spacial score (nSPS) is 21.1. The van der Waals surface area contributed by atoms with E-state index in [2.05, 4.69) is 20.9 Å². The fourth-order valence-electron chi connectivity index (χ4n) is 2.17. The van der Waals surface area contributed by atoms with Crippen LogP contribution in [0, 0.1) is 16.0 Å². The van der Waals surface area contributed by atoms with Crippen LogP contribution in [-0.2, 0) is 0 Å². The quantitative estimate of drug-likeness (QED) is 0.681. The van der Waals surface area contributed by atoms with Crippen molar-refractivity contribution in [2.24, 2.45) is 5.92 Å². The lowest BCUT2D eigenvalue weighted by molar-refractivity contribution is -0.384. The smallest absolute Gasteiger partial charge is 0.312 e. The van der Waals surface area contributed by atoms with Gasteiger partial charge in [0, 0.05) is 35.7 Å². The summed E-state index contributed by atoms with van der Waals surface area (Å²) in [7, 11) is 0. The molecule has 0 radical (unpaired) electrons. The van der Waals surface area contributed by atoms with E-state index >= 15 is 0 Å². The second-order valence-electron chi connectivity index (χ2n) is 4.49. The molecule has 18 heavy (non-hydrogen) atoms. The van der Waals surface area contributed by atoms with Crippen molar-refractivity contribution < 1.29 is 10.0 Å². The Balaban J connectivity index is 2.27. The van der Waals surface area contributed by atoms with Gasteiger partial charge < -0.3 is 10.0 Å². The molecule has 1 aliphatic rings. The largest absolute Gasteiger partial charge is 0.393 e. The maximum Gasteiger partial charge on any atom is 0.312 e. The summed E-state index contributed by atoms with van der Waals surface area (Å²) in [5, 5.41) is 20.6. The predicted molar refractivity (Wildman–Crippen MR) is 70.6 cm³/mol. The van der Waals surface area contributed by atoms with Crippen LogP contribution in [0.5, 0.6) is 0 Å². The van der Waals surface area contributed by atoms with Gasteiger partial charge in [-0.15, -0.1) is 0 Å². The lowest BCUT2D eigenvalue weighted by Crippen LogP contribution is -2.25. The van der Waals surface area contributed by atoms with Gasteiger partial charge in [0.1, 0.15) is 0 Å². The van der Waals surface area contributed by atoms with Crippen LogP contribution in [-0.4, -0.2) is 34.2 Å². The molecular formula is C11H14BrN3O3. The molecule has 1 fully saturated rings. The highest BCUT2D eigenvalue weighted by molar-refractivity contribution is 9.10. The Morgan fingerprint density at radius 2 is 2.44 bits per heavy atom. The standard InChI is InChI=1S/C11H14BrN3O3/c1-7(16)8-2-3-14(6-8)11-10(15(17)18)4-9(12)5-13-11/h4-5,7-8,16H,2-3,6H2,1H3. The lowest BCUT2D eigenvalue weighted by atomic mass is 10.0. The fraction of sp³-hybridized carbons (Fsp3) is 0.545. The SMILES string of the molecule is CC(O)C1CCN(c2ncc(Br)cc2[N+](=O)[O-])C1. The van der Waals surface area contributed by atoms with Crippen molar-refractivity contribution in [3.8, 4) is 0 Å². The predicted octanol–water partition coefficient (Wildman–Crippen LogP) is 1.96. The maximum atomic E-state index is 11.0. The molecule has 0 bridgehead atoms. The molecule has 6 nitrogen and oxygen atoms in total. The highest BCUT2D eigenvalue weighted by atomic mass is 79.9. The number of nitro groups is 1. The van der Waals surface area contributed by atoms with Crippen molar-refractivity contribution in [2.45, 2.75) is 19.4 Å². The van der Waals surface area contributed by atoms with Crippen molar-refractivity contribution in [2.75, 3.05) is 18.0 Å². The Morgan fingerprint density at radius 1 is 1.72 bits per heavy atom. The number of rotatable bonds is 3. The van der Waals surface area contributed by atoms with E-state index in [0.717, 1.165) is 6.42 Å². The van der Waals surface area contributed by atoms with Gasteiger partial charge >= 0.3 is 5.69 Å². The van der Waals surface area contributed by atoms with E-state index in [1.54, 1.807) is 13.1 Å². The van der Waals surface area contributed by atoms with E-state index in [1.807, 2.05) is 4.90 Å². The van der Waals surface area contributed by atoms with Gasteiger partial charge in [-0.1, -0.05) is 0 Å². The summed E-state index contributed by atoms with van der Waals surface area (Å²) in [4.78, 5) is 16.6. The van der Waals surface area contributed by atoms with E-state index in [9.17, 15) is 15.2 Å². The molecule has 0 saturated carbocycles. The third-order valence-corrected chi connectivity index (χ3v) is 3.65. The second kappa shape index (κ2) is 5.19. The number of nitrogens with zero attached hydrogens (tertiary/aromatic N) is 3. The van der Waals surface area contributed by atoms with Gasteiger partial charge in [0.2, 0.25) is 5.82 Å². The van der Waals surface area contributed by atoms with Crippen LogP contribution in [0.4, 0.5) is 11.5 Å². The fourth-order valence-corrected chi connectivity index (χ4v) is 2.49. The van der Waals surface area contributed by atoms with Gasteiger partial charge in [0.25, 0.3) is 0 Å². The maximum absolute atomic E-state index is 11.0. The van der Waals surface area contributed by atoms with Gasteiger partial charge in [0.05, 0.1) is 11.0 Å². The first kappa shape index (κ1) is 13.2. The molecule has 98 valence electrons. The van der Waals surface area contributed by atoms with Crippen LogP contribution < -0.4 is 4.90 Å². The molecule has 2 unspecified atom stereocenters. The summed E-state index contributed by atoms with van der Waals surface area (Å²) in [6.07, 6.45) is 1.98. The molecule has 1 aliphatic heterocycles. The summed E-state index contributed by atoms with van der Waals surface area (Å²) in [6, 6.07) is 1.46. The molecular weight excluding hydrogens is 302 g/mol. The Bertz CT molecular complexity index is 467. The topological polar surface area (TPSA) is 79.5 Å². The molecule has 2 heterocycles. The summed E-state index contributed by atoms with van der Waals surface area (Å²) >= 11 is 3.18. The zero-order chi connectivity index (χ0) is 13.3. The molecule has 1 N–H and O–H groups in total. The Kier molecular flexibility index (Phi) is 3.82. The third-order valence-electron chi connectivity index (χ3n) is 3.22. The molecule has 2 atom stereocenters. The number of aliphatic hydroxyl groups excluding tert-OH is 1. The number of hydrogen-bond acceptors (Lipinski definition) is 5. The zero-order valence-corrected chi connectivity index (χ0v) is 11.5. The van der Waals surface area contributed by atoms with Gasteiger partial charge in [-0.2, -0.15) is 0 Å². The molecule has 1 aromatic rings. The van der Waals surface area contributed by atoms with Crippen LogP contribution in [0.25, 0.3) is 0 Å². The first-order chi connectivity index (χ1) is 8.49. The summed E-state index contributed by atoms with van der Waals surface area (Å²) in [5.41, 5.74) is -0.00406. The number of aromatic nitrogens is 1. The summed E-state index contributed by atoms with van der Waals surface area (Å²) in [5.74, 6) is 0.529. The summed E-state index contributed by atoms with van der Waals surface area (Å²) < 4.78 is 0.587. The van der Waals surface area contributed by atoms with Crippen LogP contribution in [0.15, 0.2) is 16.7 Å². The highest BCUT2D eigenvalue weighted by Crippen LogP contribution is 2.32.